The highest BCUT2D eigenvalue weighted by Crippen LogP contribution is 2.01. The summed E-state index contributed by atoms with van der Waals surface area (Å²) in [6.07, 6.45) is 0.842. The molecule has 0 aliphatic rings. The van der Waals surface area contributed by atoms with Crippen LogP contribution in [0, 0.1) is 11.4 Å². The molecule has 0 saturated carbocycles. The Morgan fingerprint density at radius 3 is 2.67 bits per heavy atom. The fourth-order valence-electron chi connectivity index (χ4n) is 0.461. The zero-order chi connectivity index (χ0) is 7.28. The summed E-state index contributed by atoms with van der Waals surface area (Å²) in [7, 11) is 0. The molecular formula is C6H12N2O. The van der Waals surface area contributed by atoms with E-state index in [9.17, 15) is 4.79 Å². The maximum atomic E-state index is 10.8. The van der Waals surface area contributed by atoms with Crippen LogP contribution in [0.25, 0.3) is 0 Å². The van der Waals surface area contributed by atoms with Crippen molar-refractivity contribution in [2.24, 2.45) is 11.0 Å². The van der Waals surface area contributed by atoms with Gasteiger partial charge >= 0.3 is 0 Å². The summed E-state index contributed by atoms with van der Waals surface area (Å²) in [5.74, 6) is 0.131. The molecule has 0 saturated heterocycles. The molecule has 0 spiro atoms. The largest absolute Gasteiger partial charge is 0.297 e. The minimum atomic E-state index is 0.0506. The van der Waals surface area contributed by atoms with E-state index in [0.29, 0.717) is 0 Å². The van der Waals surface area contributed by atoms with E-state index in [0.717, 1.165) is 6.42 Å². The van der Waals surface area contributed by atoms with Crippen LogP contribution >= 0.6 is 0 Å². The number of hydrogen-bond donors (Lipinski definition) is 1. The molecule has 0 aliphatic carbocycles. The molecule has 1 atom stereocenters. The Morgan fingerprint density at radius 1 is 1.78 bits per heavy atom. The molecule has 0 bridgehead atoms. The van der Waals surface area contributed by atoms with Crippen molar-refractivity contribution < 1.29 is 4.79 Å². The minimum absolute atomic E-state index is 0.0506. The van der Waals surface area contributed by atoms with Crippen LogP contribution in [0.1, 0.15) is 20.3 Å². The molecule has 52 valence electrons. The van der Waals surface area contributed by atoms with Gasteiger partial charge in [-0.05, 0) is 6.42 Å². The van der Waals surface area contributed by atoms with E-state index in [-0.39, 0.29) is 18.2 Å². The van der Waals surface area contributed by atoms with E-state index in [1.54, 1.807) is 0 Å². The molecule has 3 heteroatoms. The Labute approximate surface area is 55.0 Å². The Hall–Kier alpha value is -0.730. The monoisotopic (exact) mass is 128 g/mol. The van der Waals surface area contributed by atoms with E-state index >= 15 is 0 Å². The number of rotatable bonds is 4. The molecule has 3 nitrogen and oxygen atoms in total. The Morgan fingerprint density at radius 2 is 2.33 bits per heavy atom. The number of nitrogens with one attached hydrogen (secondary N) is 1. The van der Waals surface area contributed by atoms with E-state index in [4.69, 9.17) is 5.53 Å². The standard InChI is InChI=1S/C6H12N2O/c1-3-5(2)6(9)4-8-7/h5,7H,3-4H2,1-2H3/t5-/m0/s1. The average molecular weight is 128 g/mol. The average Bonchev–Trinajstić information content (AvgIpc) is 1.87. The van der Waals surface area contributed by atoms with Gasteiger partial charge in [-0.3, -0.25) is 4.79 Å². The molecule has 0 unspecified atom stereocenters. The summed E-state index contributed by atoms with van der Waals surface area (Å²) in [6.45, 7) is 3.86. The van der Waals surface area contributed by atoms with Crippen molar-refractivity contribution in [3.63, 3.8) is 0 Å². The summed E-state index contributed by atoms with van der Waals surface area (Å²) < 4.78 is 0. The summed E-state index contributed by atoms with van der Waals surface area (Å²) in [5.41, 5.74) is 6.41. The van der Waals surface area contributed by atoms with Gasteiger partial charge in [0, 0.05) is 5.92 Å². The Kier molecular flexibility index (Phi) is 3.84. The van der Waals surface area contributed by atoms with Crippen molar-refractivity contribution in [3.05, 3.63) is 0 Å². The molecule has 0 radical (unpaired) electrons. The lowest BCUT2D eigenvalue weighted by molar-refractivity contribution is -0.121. The highest BCUT2D eigenvalue weighted by atomic mass is 16.1. The highest BCUT2D eigenvalue weighted by Gasteiger charge is 2.08. The van der Waals surface area contributed by atoms with Crippen molar-refractivity contribution in [3.8, 4) is 0 Å². The van der Waals surface area contributed by atoms with E-state index < -0.39 is 0 Å². The van der Waals surface area contributed by atoms with Crippen molar-refractivity contribution in [1.82, 2.24) is 0 Å². The fourth-order valence-corrected chi connectivity index (χ4v) is 0.461. The van der Waals surface area contributed by atoms with Gasteiger partial charge in [-0.25, -0.2) is 5.53 Å². The molecular weight excluding hydrogens is 116 g/mol. The first-order valence-corrected chi connectivity index (χ1v) is 3.08. The van der Waals surface area contributed by atoms with Crippen molar-refractivity contribution in [2.45, 2.75) is 20.3 Å². The highest BCUT2D eigenvalue weighted by molar-refractivity contribution is 5.82. The first kappa shape index (κ1) is 8.27. The van der Waals surface area contributed by atoms with Gasteiger partial charge in [0.15, 0.2) is 5.78 Å². The van der Waals surface area contributed by atoms with Gasteiger partial charge < -0.3 is 0 Å². The van der Waals surface area contributed by atoms with Crippen LogP contribution in [0.4, 0.5) is 0 Å². The smallest absolute Gasteiger partial charge is 0.158 e. The molecule has 0 aromatic heterocycles. The van der Waals surface area contributed by atoms with E-state index in [1.807, 2.05) is 13.8 Å². The second kappa shape index (κ2) is 4.18. The minimum Gasteiger partial charge on any atom is -0.297 e. The Balaban J connectivity index is 3.58. The zero-order valence-electron chi connectivity index (χ0n) is 5.85. The molecule has 0 aromatic carbocycles. The van der Waals surface area contributed by atoms with Gasteiger partial charge in [-0.15, -0.1) is 0 Å². The second-order valence-corrected chi connectivity index (χ2v) is 2.09. The number of ketones is 1. The topological polar surface area (TPSA) is 53.3 Å². The molecule has 0 heterocycles. The number of hydrogen-bond acceptors (Lipinski definition) is 3. The van der Waals surface area contributed by atoms with Crippen LogP contribution in [0.5, 0.6) is 0 Å². The van der Waals surface area contributed by atoms with Gasteiger partial charge in [0.25, 0.3) is 0 Å². The number of carbonyl (C=O) groups is 1. The predicted octanol–water partition coefficient (Wildman–Crippen LogP) is 1.63. The van der Waals surface area contributed by atoms with E-state index in [2.05, 4.69) is 5.11 Å². The lowest BCUT2D eigenvalue weighted by atomic mass is 10.0. The number of Topliss-reactive ketones (excluding diaryl/α,β-unsaturated/α-hetero) is 1. The van der Waals surface area contributed by atoms with Crippen molar-refractivity contribution in [2.75, 3.05) is 6.54 Å². The normalized spacial score (nSPS) is 12.7. The molecule has 0 aromatic rings. The number of carbonyl (C=O) groups excluding carboxylic acids is 1. The third-order valence-electron chi connectivity index (χ3n) is 1.40. The van der Waals surface area contributed by atoms with Crippen LogP contribution in [-0.4, -0.2) is 12.3 Å². The summed E-state index contributed by atoms with van der Waals surface area (Å²) in [5, 5.41) is 3.01. The van der Waals surface area contributed by atoms with Gasteiger partial charge in [0.1, 0.15) is 6.54 Å². The molecule has 0 amide bonds. The van der Waals surface area contributed by atoms with Crippen LogP contribution in [0.2, 0.25) is 0 Å². The van der Waals surface area contributed by atoms with E-state index in [1.165, 1.54) is 0 Å². The van der Waals surface area contributed by atoms with Crippen LogP contribution < -0.4 is 0 Å². The molecule has 1 N–H and O–H groups in total. The lowest BCUT2D eigenvalue weighted by Gasteiger charge is -2.01. The van der Waals surface area contributed by atoms with Gasteiger partial charge in [0.05, 0.1) is 0 Å². The Bertz CT molecular complexity index is 112. The summed E-state index contributed by atoms with van der Waals surface area (Å²) in [6, 6.07) is 0. The van der Waals surface area contributed by atoms with Gasteiger partial charge in [0.2, 0.25) is 0 Å². The van der Waals surface area contributed by atoms with Crippen LogP contribution in [0.3, 0.4) is 0 Å². The maximum Gasteiger partial charge on any atom is 0.158 e. The number of nitrogens with zero attached hydrogens (tertiary/aromatic N) is 1. The second-order valence-electron chi connectivity index (χ2n) is 2.09. The predicted molar refractivity (Wildman–Crippen MR) is 34.5 cm³/mol. The van der Waals surface area contributed by atoms with Crippen LogP contribution in [-0.2, 0) is 4.79 Å². The molecule has 0 aliphatic heterocycles. The van der Waals surface area contributed by atoms with Gasteiger partial charge in [-0.1, -0.05) is 13.8 Å². The quantitative estimate of drug-likeness (QED) is 0.575. The first-order valence-electron chi connectivity index (χ1n) is 3.08. The first-order chi connectivity index (χ1) is 4.22. The molecule has 0 fully saturated rings. The van der Waals surface area contributed by atoms with Crippen molar-refractivity contribution >= 4 is 5.78 Å². The van der Waals surface area contributed by atoms with Gasteiger partial charge in [-0.2, -0.15) is 5.11 Å². The SMILES string of the molecule is CC[C@H](C)C(=O)CN=N. The van der Waals surface area contributed by atoms with Crippen LogP contribution in [0.15, 0.2) is 5.11 Å². The maximum absolute atomic E-state index is 10.8. The summed E-state index contributed by atoms with van der Waals surface area (Å²) in [4.78, 5) is 10.8. The third-order valence-corrected chi connectivity index (χ3v) is 1.40. The molecule has 0 rings (SSSR count). The summed E-state index contributed by atoms with van der Waals surface area (Å²) >= 11 is 0. The van der Waals surface area contributed by atoms with Crippen molar-refractivity contribution in [1.29, 1.82) is 5.53 Å². The lowest BCUT2D eigenvalue weighted by Crippen LogP contribution is -2.12. The fraction of sp³-hybridized carbons (Fsp3) is 0.833. The zero-order valence-corrected chi connectivity index (χ0v) is 5.85. The molecule has 9 heavy (non-hydrogen) atoms. The third kappa shape index (κ3) is 2.95.